The fraction of sp³-hybridized carbons (Fsp3) is 0.429. The van der Waals surface area contributed by atoms with Crippen LogP contribution in [0.3, 0.4) is 0 Å². The lowest BCUT2D eigenvalue weighted by Crippen LogP contribution is -2.08. The number of hydrogen-bond acceptors (Lipinski definition) is 3. The van der Waals surface area contributed by atoms with Gasteiger partial charge in [0.2, 0.25) is 0 Å². The third kappa shape index (κ3) is 4.40. The first-order chi connectivity index (χ1) is 12.1. The monoisotopic (exact) mass is 357 g/mol. The van der Waals surface area contributed by atoms with Crippen molar-refractivity contribution in [1.82, 2.24) is 4.98 Å². The van der Waals surface area contributed by atoms with Crippen LogP contribution in [0.4, 0.5) is 0 Å². The van der Waals surface area contributed by atoms with Crippen LogP contribution in [0.1, 0.15) is 53.6 Å². The average Bonchev–Trinajstić information content (AvgIpc) is 3.10. The number of ether oxygens (including phenoxy) is 1. The van der Waals surface area contributed by atoms with Crippen LogP contribution in [0.15, 0.2) is 42.6 Å². The summed E-state index contributed by atoms with van der Waals surface area (Å²) in [7, 11) is 1.41. The number of hydrogen-bond donors (Lipinski definition) is 0. The predicted octanol–water partition coefficient (Wildman–Crippen LogP) is 5.28. The van der Waals surface area contributed by atoms with Gasteiger partial charge in [0.05, 0.1) is 12.7 Å². The van der Waals surface area contributed by atoms with Crippen molar-refractivity contribution in [1.29, 1.82) is 0 Å². The van der Waals surface area contributed by atoms with E-state index < -0.39 is 0 Å². The number of halogens is 1. The van der Waals surface area contributed by atoms with E-state index in [2.05, 4.69) is 18.0 Å². The summed E-state index contributed by atoms with van der Waals surface area (Å²) in [4.78, 5) is 15.7. The van der Waals surface area contributed by atoms with Gasteiger partial charge in [0, 0.05) is 6.20 Å². The van der Waals surface area contributed by atoms with E-state index in [0.717, 1.165) is 6.42 Å². The first-order valence-corrected chi connectivity index (χ1v) is 9.23. The van der Waals surface area contributed by atoms with E-state index >= 15 is 0 Å². The topological polar surface area (TPSA) is 39.2 Å². The van der Waals surface area contributed by atoms with E-state index in [-0.39, 0.29) is 5.97 Å². The molecule has 0 amide bonds. The fourth-order valence-corrected chi connectivity index (χ4v) is 4.02. The molecule has 25 heavy (non-hydrogen) atoms. The molecule has 1 saturated carbocycles. The molecular weight excluding hydrogens is 334 g/mol. The molecule has 3 nitrogen and oxygen atoms in total. The molecular formula is C21H24ClNO2. The lowest BCUT2D eigenvalue weighted by molar-refractivity contribution is 0.0600. The van der Waals surface area contributed by atoms with E-state index in [1.807, 2.05) is 36.5 Å². The Morgan fingerprint density at radius 3 is 2.64 bits per heavy atom. The number of nitrogens with zero attached hydrogens (tertiary/aromatic N) is 1. The third-order valence-electron chi connectivity index (χ3n) is 5.46. The SMILES string of the molecule is COC(=O)c1ccc(CC2CC[C@H]([C@H](C)c3ccc(Cl)nc3)C2)cc1. The molecule has 1 aliphatic carbocycles. The van der Waals surface area contributed by atoms with E-state index in [4.69, 9.17) is 16.3 Å². The molecule has 1 unspecified atom stereocenters. The summed E-state index contributed by atoms with van der Waals surface area (Å²) < 4.78 is 4.75. The Hall–Kier alpha value is -1.87. The van der Waals surface area contributed by atoms with Crippen LogP contribution in [-0.2, 0) is 11.2 Å². The molecule has 2 aromatic rings. The number of esters is 1. The minimum Gasteiger partial charge on any atom is -0.465 e. The van der Waals surface area contributed by atoms with Crippen molar-refractivity contribution in [2.75, 3.05) is 7.11 Å². The summed E-state index contributed by atoms with van der Waals surface area (Å²) in [6.07, 6.45) is 6.74. The Balaban J connectivity index is 1.57. The molecule has 0 bridgehead atoms. The lowest BCUT2D eigenvalue weighted by atomic mass is 9.86. The standard InChI is InChI=1S/C21H24ClNO2/c1-14(19-9-10-20(22)23-13-19)18-8-5-16(12-18)11-15-3-6-17(7-4-15)21(24)25-2/h3-4,6-7,9-10,13-14,16,18H,5,8,11-12H2,1-2H3/t14-,16?,18-/m0/s1. The van der Waals surface area contributed by atoms with Gasteiger partial charge in [-0.2, -0.15) is 0 Å². The van der Waals surface area contributed by atoms with E-state index in [0.29, 0.717) is 28.5 Å². The normalized spacial score (nSPS) is 21.1. The Labute approximate surface area is 154 Å². The number of methoxy groups -OCH3 is 1. The molecule has 0 spiro atoms. The second-order valence-electron chi connectivity index (χ2n) is 7.03. The van der Waals surface area contributed by atoms with Gasteiger partial charge in [-0.25, -0.2) is 9.78 Å². The minimum absolute atomic E-state index is 0.280. The molecule has 3 atom stereocenters. The maximum absolute atomic E-state index is 11.5. The fourth-order valence-electron chi connectivity index (χ4n) is 3.91. The van der Waals surface area contributed by atoms with Gasteiger partial charge in [0.1, 0.15) is 5.15 Å². The van der Waals surface area contributed by atoms with Gasteiger partial charge in [0.15, 0.2) is 0 Å². The van der Waals surface area contributed by atoms with Crippen LogP contribution in [0.2, 0.25) is 5.15 Å². The quantitative estimate of drug-likeness (QED) is 0.539. The third-order valence-corrected chi connectivity index (χ3v) is 5.69. The molecule has 0 radical (unpaired) electrons. The Morgan fingerprint density at radius 1 is 1.24 bits per heavy atom. The first-order valence-electron chi connectivity index (χ1n) is 8.85. The molecule has 1 heterocycles. The molecule has 1 aromatic heterocycles. The highest BCUT2D eigenvalue weighted by Gasteiger charge is 2.29. The van der Waals surface area contributed by atoms with Gasteiger partial charge in [-0.15, -0.1) is 0 Å². The molecule has 3 rings (SSSR count). The van der Waals surface area contributed by atoms with Crippen molar-refractivity contribution in [2.24, 2.45) is 11.8 Å². The summed E-state index contributed by atoms with van der Waals surface area (Å²) in [5, 5.41) is 0.552. The van der Waals surface area contributed by atoms with Crippen LogP contribution >= 0.6 is 11.6 Å². The number of rotatable bonds is 5. The van der Waals surface area contributed by atoms with Gasteiger partial charge in [0.25, 0.3) is 0 Å². The summed E-state index contributed by atoms with van der Waals surface area (Å²) in [5.41, 5.74) is 3.18. The molecule has 132 valence electrons. The van der Waals surface area contributed by atoms with Gasteiger partial charge in [-0.05, 0) is 72.8 Å². The van der Waals surface area contributed by atoms with E-state index in [9.17, 15) is 4.79 Å². The van der Waals surface area contributed by atoms with Crippen LogP contribution < -0.4 is 0 Å². The highest BCUT2D eigenvalue weighted by molar-refractivity contribution is 6.29. The lowest BCUT2D eigenvalue weighted by Gasteiger charge is -2.19. The highest BCUT2D eigenvalue weighted by atomic mass is 35.5. The van der Waals surface area contributed by atoms with Gasteiger partial charge in [-0.1, -0.05) is 36.7 Å². The Kier molecular flexibility index (Phi) is 5.74. The van der Waals surface area contributed by atoms with Crippen molar-refractivity contribution in [3.63, 3.8) is 0 Å². The smallest absolute Gasteiger partial charge is 0.337 e. The van der Waals surface area contributed by atoms with Crippen molar-refractivity contribution < 1.29 is 9.53 Å². The maximum Gasteiger partial charge on any atom is 0.337 e. The van der Waals surface area contributed by atoms with E-state index in [1.54, 1.807) is 0 Å². The van der Waals surface area contributed by atoms with Crippen LogP contribution in [0.5, 0.6) is 0 Å². The Bertz CT molecular complexity index is 712. The van der Waals surface area contributed by atoms with Gasteiger partial charge < -0.3 is 4.74 Å². The summed E-state index contributed by atoms with van der Waals surface area (Å²) in [5.74, 6) is 1.63. The number of pyridine rings is 1. The summed E-state index contributed by atoms with van der Waals surface area (Å²) in [6, 6.07) is 11.8. The average molecular weight is 358 g/mol. The molecule has 1 aliphatic rings. The zero-order chi connectivity index (χ0) is 17.8. The van der Waals surface area contributed by atoms with Crippen molar-refractivity contribution in [2.45, 2.75) is 38.5 Å². The van der Waals surface area contributed by atoms with E-state index in [1.165, 1.54) is 37.5 Å². The second kappa shape index (κ2) is 8.01. The largest absolute Gasteiger partial charge is 0.465 e. The van der Waals surface area contributed by atoms with Crippen molar-refractivity contribution >= 4 is 17.6 Å². The number of carbonyl (C=O) groups is 1. The van der Waals surface area contributed by atoms with Crippen LogP contribution in [0, 0.1) is 11.8 Å². The van der Waals surface area contributed by atoms with Crippen LogP contribution in [0.25, 0.3) is 0 Å². The predicted molar refractivity (Wildman–Crippen MR) is 100.0 cm³/mol. The maximum atomic E-state index is 11.5. The molecule has 1 aromatic carbocycles. The van der Waals surface area contributed by atoms with Gasteiger partial charge >= 0.3 is 5.97 Å². The zero-order valence-corrected chi connectivity index (χ0v) is 15.5. The summed E-state index contributed by atoms with van der Waals surface area (Å²) in [6.45, 7) is 2.29. The number of aromatic nitrogens is 1. The number of carbonyl (C=O) groups excluding carboxylic acids is 1. The minimum atomic E-state index is -0.280. The summed E-state index contributed by atoms with van der Waals surface area (Å²) >= 11 is 5.89. The molecule has 0 N–H and O–H groups in total. The van der Waals surface area contributed by atoms with Crippen molar-refractivity contribution in [3.05, 3.63) is 64.4 Å². The molecule has 0 aliphatic heterocycles. The van der Waals surface area contributed by atoms with Crippen molar-refractivity contribution in [3.8, 4) is 0 Å². The molecule has 0 saturated heterocycles. The second-order valence-corrected chi connectivity index (χ2v) is 7.42. The molecule has 4 heteroatoms. The Morgan fingerprint density at radius 2 is 2.00 bits per heavy atom. The zero-order valence-electron chi connectivity index (χ0n) is 14.7. The van der Waals surface area contributed by atoms with Gasteiger partial charge in [-0.3, -0.25) is 0 Å². The molecule has 1 fully saturated rings. The highest BCUT2D eigenvalue weighted by Crippen LogP contribution is 2.41. The van der Waals surface area contributed by atoms with Crippen LogP contribution in [-0.4, -0.2) is 18.1 Å². The first kappa shape index (κ1) is 17.9. The number of benzene rings is 1.